The first-order chi connectivity index (χ1) is 12.2. The topological polar surface area (TPSA) is 85.3 Å². The number of hydrogen-bond donors (Lipinski definition) is 2. The van der Waals surface area contributed by atoms with E-state index in [4.69, 9.17) is 22.4 Å². The lowest BCUT2D eigenvalue weighted by molar-refractivity contribution is -0.117. The van der Waals surface area contributed by atoms with Crippen LogP contribution in [0.15, 0.2) is 29.1 Å². The SMILES string of the molecule is CCn1c(-c2c(F)cc(F)cc2F)c(C(N)=CC(=O)CO)cc(Cl)c1=O. The monoisotopic (exact) mass is 386 g/mol. The number of aliphatic hydroxyl groups is 1. The predicted molar refractivity (Wildman–Crippen MR) is 91.0 cm³/mol. The third-order valence-electron chi connectivity index (χ3n) is 3.59. The Hall–Kier alpha value is -2.58. The predicted octanol–water partition coefficient (Wildman–Crippen LogP) is 2.47. The molecule has 1 heterocycles. The van der Waals surface area contributed by atoms with Crippen molar-refractivity contribution >= 4 is 23.1 Å². The van der Waals surface area contributed by atoms with Crippen molar-refractivity contribution in [1.29, 1.82) is 0 Å². The fraction of sp³-hybridized carbons (Fsp3) is 0.176. The third kappa shape index (κ3) is 3.66. The molecule has 0 spiro atoms. The number of carbonyl (C=O) groups is 1. The summed E-state index contributed by atoms with van der Waals surface area (Å²) in [6.07, 6.45) is 0.846. The average molecular weight is 387 g/mol. The maximum absolute atomic E-state index is 14.3. The highest BCUT2D eigenvalue weighted by Crippen LogP contribution is 2.32. The second-order valence-corrected chi connectivity index (χ2v) is 5.68. The molecule has 0 unspecified atom stereocenters. The Labute approximate surface area is 151 Å². The minimum atomic E-state index is -1.26. The molecule has 138 valence electrons. The summed E-state index contributed by atoms with van der Waals surface area (Å²) in [5, 5.41) is 8.55. The van der Waals surface area contributed by atoms with Crippen LogP contribution in [0, 0.1) is 17.5 Å². The quantitative estimate of drug-likeness (QED) is 0.773. The lowest BCUT2D eigenvalue weighted by Crippen LogP contribution is -2.24. The summed E-state index contributed by atoms with van der Waals surface area (Å²) in [6.45, 7) is 0.665. The van der Waals surface area contributed by atoms with Crippen LogP contribution in [-0.4, -0.2) is 22.1 Å². The van der Waals surface area contributed by atoms with Crippen molar-refractivity contribution in [2.24, 2.45) is 5.73 Å². The van der Waals surface area contributed by atoms with Gasteiger partial charge >= 0.3 is 0 Å². The third-order valence-corrected chi connectivity index (χ3v) is 3.86. The summed E-state index contributed by atoms with van der Waals surface area (Å²) in [4.78, 5) is 23.7. The van der Waals surface area contributed by atoms with Crippen molar-refractivity contribution in [3.63, 3.8) is 0 Å². The normalized spacial score (nSPS) is 11.7. The molecule has 0 amide bonds. The molecule has 9 heteroatoms. The van der Waals surface area contributed by atoms with Crippen molar-refractivity contribution < 1.29 is 23.1 Å². The van der Waals surface area contributed by atoms with Gasteiger partial charge in [0.25, 0.3) is 5.56 Å². The Balaban J connectivity index is 2.96. The summed E-state index contributed by atoms with van der Waals surface area (Å²) in [7, 11) is 0. The first-order valence-corrected chi connectivity index (χ1v) is 7.78. The molecule has 1 aromatic heterocycles. The molecule has 2 aromatic rings. The van der Waals surface area contributed by atoms with Crippen LogP contribution in [0.4, 0.5) is 13.2 Å². The second-order valence-electron chi connectivity index (χ2n) is 5.27. The highest BCUT2D eigenvalue weighted by Gasteiger charge is 2.23. The van der Waals surface area contributed by atoms with Gasteiger partial charge in [-0.05, 0) is 13.0 Å². The maximum Gasteiger partial charge on any atom is 0.269 e. The number of hydrogen-bond acceptors (Lipinski definition) is 4. The summed E-state index contributed by atoms with van der Waals surface area (Å²) in [5.41, 5.74) is 3.71. The highest BCUT2D eigenvalue weighted by molar-refractivity contribution is 6.30. The molecule has 0 saturated heterocycles. The molecule has 2 rings (SSSR count). The average Bonchev–Trinajstić information content (AvgIpc) is 2.56. The van der Waals surface area contributed by atoms with Crippen LogP contribution in [0.3, 0.4) is 0 Å². The Morgan fingerprint density at radius 1 is 1.27 bits per heavy atom. The number of aromatic nitrogens is 1. The molecule has 0 fully saturated rings. The summed E-state index contributed by atoms with van der Waals surface area (Å²) >= 11 is 5.88. The Kier molecular flexibility index (Phi) is 5.89. The van der Waals surface area contributed by atoms with E-state index in [1.807, 2.05) is 0 Å². The molecule has 0 radical (unpaired) electrons. The van der Waals surface area contributed by atoms with Gasteiger partial charge in [0.2, 0.25) is 0 Å². The van der Waals surface area contributed by atoms with Gasteiger partial charge < -0.3 is 15.4 Å². The molecule has 3 N–H and O–H groups in total. The van der Waals surface area contributed by atoms with Crippen LogP contribution in [-0.2, 0) is 11.3 Å². The summed E-state index contributed by atoms with van der Waals surface area (Å²) in [6, 6.07) is 1.98. The van der Waals surface area contributed by atoms with Crippen LogP contribution in [0.2, 0.25) is 5.02 Å². The van der Waals surface area contributed by atoms with Crippen LogP contribution >= 0.6 is 11.6 Å². The van der Waals surface area contributed by atoms with Crippen molar-refractivity contribution in [3.8, 4) is 11.3 Å². The molecule has 0 atom stereocenters. The zero-order valence-electron chi connectivity index (χ0n) is 13.5. The van der Waals surface area contributed by atoms with E-state index in [0.717, 1.165) is 16.7 Å². The van der Waals surface area contributed by atoms with E-state index in [0.29, 0.717) is 12.1 Å². The number of nitrogens with two attached hydrogens (primary N) is 1. The van der Waals surface area contributed by atoms with Crippen molar-refractivity contribution in [2.75, 3.05) is 6.61 Å². The Bertz CT molecular complexity index is 947. The largest absolute Gasteiger partial charge is 0.398 e. The molecule has 0 aliphatic carbocycles. The van der Waals surface area contributed by atoms with Crippen molar-refractivity contribution in [3.05, 3.63) is 62.7 Å². The number of aliphatic hydroxyl groups excluding tert-OH is 1. The van der Waals surface area contributed by atoms with Crippen LogP contribution < -0.4 is 11.3 Å². The van der Waals surface area contributed by atoms with E-state index < -0.39 is 41.0 Å². The molecular weight excluding hydrogens is 373 g/mol. The van der Waals surface area contributed by atoms with Gasteiger partial charge in [0.05, 0.1) is 11.3 Å². The van der Waals surface area contributed by atoms with Gasteiger partial charge in [-0.25, -0.2) is 13.2 Å². The fourth-order valence-corrected chi connectivity index (χ4v) is 2.70. The lowest BCUT2D eigenvalue weighted by Gasteiger charge is -2.18. The first-order valence-electron chi connectivity index (χ1n) is 7.40. The van der Waals surface area contributed by atoms with Crippen molar-refractivity contribution in [2.45, 2.75) is 13.5 Å². The van der Waals surface area contributed by atoms with Gasteiger partial charge in [-0.3, -0.25) is 9.59 Å². The maximum atomic E-state index is 14.3. The smallest absolute Gasteiger partial charge is 0.269 e. The van der Waals surface area contributed by atoms with Crippen LogP contribution in [0.5, 0.6) is 0 Å². The lowest BCUT2D eigenvalue weighted by atomic mass is 10.0. The van der Waals surface area contributed by atoms with E-state index in [9.17, 15) is 22.8 Å². The summed E-state index contributed by atoms with van der Waals surface area (Å²) < 4.78 is 42.9. The molecular formula is C17H14ClF3N2O3. The Morgan fingerprint density at radius 3 is 2.35 bits per heavy atom. The molecule has 0 saturated carbocycles. The Morgan fingerprint density at radius 2 is 1.85 bits per heavy atom. The molecule has 0 aliphatic rings. The highest BCUT2D eigenvalue weighted by atomic mass is 35.5. The van der Waals surface area contributed by atoms with E-state index in [2.05, 4.69) is 0 Å². The molecule has 5 nitrogen and oxygen atoms in total. The minimum Gasteiger partial charge on any atom is -0.398 e. The molecule has 0 aliphatic heterocycles. The van der Waals surface area contributed by atoms with Crippen LogP contribution in [0.1, 0.15) is 12.5 Å². The number of halogens is 4. The summed E-state index contributed by atoms with van der Waals surface area (Å²) in [5.74, 6) is -4.41. The fourth-order valence-electron chi connectivity index (χ4n) is 2.49. The molecule has 1 aromatic carbocycles. The van der Waals surface area contributed by atoms with Crippen molar-refractivity contribution in [1.82, 2.24) is 4.57 Å². The zero-order chi connectivity index (χ0) is 19.6. The number of pyridine rings is 1. The van der Waals surface area contributed by atoms with E-state index in [1.54, 1.807) is 0 Å². The standard InChI is InChI=1S/C17H14ClF3N2O3/c1-2-23-16(15-12(20)3-8(19)4-13(15)21)10(6-11(18)17(23)26)14(22)5-9(25)7-24/h3-6,24H,2,7,22H2,1H3. The van der Waals surface area contributed by atoms with Crippen LogP contribution in [0.25, 0.3) is 17.0 Å². The van der Waals surface area contributed by atoms with Gasteiger partial charge in [0.1, 0.15) is 29.1 Å². The van der Waals surface area contributed by atoms with E-state index in [1.165, 1.54) is 6.92 Å². The number of nitrogens with zero attached hydrogens (tertiary/aromatic N) is 1. The van der Waals surface area contributed by atoms with Gasteiger partial charge in [-0.15, -0.1) is 0 Å². The number of ketones is 1. The first kappa shape index (κ1) is 19.7. The number of benzene rings is 1. The molecule has 26 heavy (non-hydrogen) atoms. The number of rotatable bonds is 5. The second kappa shape index (κ2) is 7.76. The van der Waals surface area contributed by atoms with Gasteiger partial charge in [-0.1, -0.05) is 11.6 Å². The van der Waals surface area contributed by atoms with Gasteiger partial charge in [0.15, 0.2) is 5.78 Å². The minimum absolute atomic E-state index is 0.0286. The van der Waals surface area contributed by atoms with Gasteiger partial charge in [-0.2, -0.15) is 0 Å². The molecule has 0 bridgehead atoms. The number of carbonyl (C=O) groups excluding carboxylic acids is 1. The van der Waals surface area contributed by atoms with E-state index >= 15 is 0 Å². The van der Waals surface area contributed by atoms with E-state index in [-0.39, 0.29) is 28.5 Å². The zero-order valence-corrected chi connectivity index (χ0v) is 14.3. The van der Waals surface area contributed by atoms with Gasteiger partial charge in [0, 0.05) is 36.0 Å².